The summed E-state index contributed by atoms with van der Waals surface area (Å²) in [4.78, 5) is 5.13. The molecule has 3 aromatic heterocycles. The minimum absolute atomic E-state index is 1.14. The molecule has 0 aliphatic rings. The molecule has 0 N–H and O–H groups in total. The zero-order valence-electron chi connectivity index (χ0n) is 38.2. The maximum atomic E-state index is 2.53. The van der Waals surface area contributed by atoms with Crippen LogP contribution in [-0.4, -0.2) is 13.7 Å². The molecule has 0 amide bonds. The minimum Gasteiger partial charge on any atom is -0.309 e. The highest BCUT2D eigenvalue weighted by atomic mass is 32.3. The zero-order chi connectivity index (χ0) is 46.2. The topological polar surface area (TPSA) is 14.8 Å². The Labute approximate surface area is 407 Å². The average Bonchev–Trinajstić information content (AvgIpc) is 4.08. The van der Waals surface area contributed by atoms with Gasteiger partial charge in [-0.1, -0.05) is 158 Å². The average molecular weight is 912 g/mol. The van der Waals surface area contributed by atoms with Crippen molar-refractivity contribution in [1.82, 2.24) is 13.7 Å². The predicted octanol–water partition coefficient (Wildman–Crippen LogP) is 18.0. The standard InChI is InChI=1S/C66H45N3S/c1-5-20-48(21-6-1)67-60-33-16-14-31-56(60)59-44-47(38-42-63(59)67)46-36-39-53(40-37-46)70(51-25-9-3-10-26-51,52-27-11-4-12-28-52)54-29-19-24-50(45-54)69-61-34-17-13-30-55(61)57-41-43-64-65(66(57)69)58-32-15-18-35-62(58)68(64)49-22-7-2-8-23-49/h1-45H. The van der Waals surface area contributed by atoms with Crippen molar-refractivity contribution in [2.45, 2.75) is 19.6 Å². The van der Waals surface area contributed by atoms with Gasteiger partial charge in [-0.3, -0.25) is 0 Å². The predicted molar refractivity (Wildman–Crippen MR) is 295 cm³/mol. The molecule has 0 radical (unpaired) electrons. The molecule has 14 rings (SSSR count). The fourth-order valence-electron chi connectivity index (χ4n) is 11.4. The Morgan fingerprint density at radius 3 is 1.29 bits per heavy atom. The van der Waals surface area contributed by atoms with E-state index in [0.29, 0.717) is 0 Å². The van der Waals surface area contributed by atoms with Gasteiger partial charge in [-0.05, 0) is 126 Å². The first-order valence-corrected chi connectivity index (χ1v) is 25.6. The maximum Gasteiger partial charge on any atom is 0.0641 e. The Kier molecular flexibility index (Phi) is 9.29. The molecular weight excluding hydrogens is 867 g/mol. The molecule has 0 spiro atoms. The van der Waals surface area contributed by atoms with Crippen LogP contribution in [0.2, 0.25) is 0 Å². The van der Waals surface area contributed by atoms with E-state index in [2.05, 4.69) is 287 Å². The van der Waals surface area contributed by atoms with Crippen LogP contribution in [0, 0.1) is 0 Å². The molecule has 0 fully saturated rings. The number of benzene rings is 11. The van der Waals surface area contributed by atoms with Gasteiger partial charge in [-0.15, -0.1) is 10.0 Å². The van der Waals surface area contributed by atoms with Crippen LogP contribution in [0.3, 0.4) is 0 Å². The summed E-state index contributed by atoms with van der Waals surface area (Å²) >= 11 is 0. The van der Waals surface area contributed by atoms with Crippen LogP contribution in [-0.2, 0) is 0 Å². The molecule has 4 heteroatoms. The monoisotopic (exact) mass is 911 g/mol. The SMILES string of the molecule is c1ccc(-n2c3ccccc3c3cc(-c4ccc(S(c5ccccc5)(c5ccccc5)c5cccc(-n6c7ccccc7c7ccc8c(c9ccccc9n8-c8ccccc8)c76)c5)cc4)ccc32)cc1. The molecule has 0 aliphatic carbocycles. The zero-order valence-corrected chi connectivity index (χ0v) is 39.0. The molecule has 3 heterocycles. The lowest BCUT2D eigenvalue weighted by Gasteiger charge is -2.42. The van der Waals surface area contributed by atoms with E-state index in [9.17, 15) is 0 Å². The van der Waals surface area contributed by atoms with Crippen molar-refractivity contribution in [3.63, 3.8) is 0 Å². The first kappa shape index (κ1) is 40.3. The molecule has 330 valence electrons. The normalized spacial score (nSPS) is 12.2. The Morgan fingerprint density at radius 1 is 0.229 bits per heavy atom. The molecule has 0 bridgehead atoms. The van der Waals surface area contributed by atoms with Crippen LogP contribution in [0.5, 0.6) is 0 Å². The van der Waals surface area contributed by atoms with Gasteiger partial charge in [-0.25, -0.2) is 0 Å². The van der Waals surface area contributed by atoms with Crippen molar-refractivity contribution in [3.05, 3.63) is 273 Å². The molecule has 0 atom stereocenters. The van der Waals surface area contributed by atoms with Gasteiger partial charge in [0.2, 0.25) is 0 Å². The fraction of sp³-hybridized carbons (Fsp3) is 0. The summed E-state index contributed by atoms with van der Waals surface area (Å²) < 4.78 is 7.34. The lowest BCUT2D eigenvalue weighted by Crippen LogP contribution is -2.06. The fourth-order valence-corrected chi connectivity index (χ4v) is 15.3. The number of rotatable bonds is 8. The first-order chi connectivity index (χ1) is 34.8. The van der Waals surface area contributed by atoms with Crippen LogP contribution in [0.25, 0.3) is 93.6 Å². The van der Waals surface area contributed by atoms with Crippen LogP contribution >= 0.6 is 10.0 Å². The second kappa shape index (κ2) is 16.2. The molecule has 70 heavy (non-hydrogen) atoms. The lowest BCUT2D eigenvalue weighted by molar-refractivity contribution is 1.15. The Hall–Kier alpha value is -8.83. The molecule has 0 saturated heterocycles. The van der Waals surface area contributed by atoms with Crippen LogP contribution in [0.4, 0.5) is 0 Å². The quantitative estimate of drug-likeness (QED) is 0.144. The van der Waals surface area contributed by atoms with Gasteiger partial charge in [0, 0.05) is 69.0 Å². The van der Waals surface area contributed by atoms with Crippen molar-refractivity contribution in [2.24, 2.45) is 0 Å². The van der Waals surface area contributed by atoms with E-state index in [1.807, 2.05) is 0 Å². The molecule has 14 aromatic rings. The minimum atomic E-state index is -2.05. The van der Waals surface area contributed by atoms with E-state index in [1.54, 1.807) is 0 Å². The van der Waals surface area contributed by atoms with E-state index in [-0.39, 0.29) is 0 Å². The summed E-state index contributed by atoms with van der Waals surface area (Å²) in [6.45, 7) is 0. The van der Waals surface area contributed by atoms with Crippen molar-refractivity contribution < 1.29 is 0 Å². The molecular formula is C66H45N3S. The van der Waals surface area contributed by atoms with Gasteiger partial charge in [0.15, 0.2) is 0 Å². The number of fused-ring (bicyclic) bond motifs is 10. The molecule has 3 nitrogen and oxygen atoms in total. The van der Waals surface area contributed by atoms with Crippen molar-refractivity contribution in [1.29, 1.82) is 0 Å². The third-order valence-electron chi connectivity index (χ3n) is 14.3. The second-order valence-electron chi connectivity index (χ2n) is 18.1. The summed E-state index contributed by atoms with van der Waals surface area (Å²) in [5.74, 6) is 0. The summed E-state index contributed by atoms with van der Waals surface area (Å²) in [7, 11) is -2.05. The van der Waals surface area contributed by atoms with Crippen LogP contribution in [0.1, 0.15) is 0 Å². The number of hydrogen-bond acceptors (Lipinski definition) is 0. The van der Waals surface area contributed by atoms with Gasteiger partial charge in [0.25, 0.3) is 0 Å². The number of aromatic nitrogens is 3. The lowest BCUT2D eigenvalue weighted by atomic mass is 10.0. The summed E-state index contributed by atoms with van der Waals surface area (Å²) in [6.07, 6.45) is 0. The molecule has 11 aromatic carbocycles. The van der Waals surface area contributed by atoms with Gasteiger partial charge in [0.05, 0.1) is 33.1 Å². The van der Waals surface area contributed by atoms with Crippen LogP contribution < -0.4 is 0 Å². The number of para-hydroxylation sites is 5. The third kappa shape index (κ3) is 6.03. The largest absolute Gasteiger partial charge is 0.309 e. The van der Waals surface area contributed by atoms with Crippen molar-refractivity contribution >= 4 is 75.4 Å². The second-order valence-corrected chi connectivity index (χ2v) is 21.2. The molecule has 0 aliphatic heterocycles. The number of hydrogen-bond donors (Lipinski definition) is 0. The molecule has 0 unspecified atom stereocenters. The van der Waals surface area contributed by atoms with Crippen LogP contribution in [0.15, 0.2) is 293 Å². The Morgan fingerprint density at radius 2 is 0.657 bits per heavy atom. The Balaban J connectivity index is 0.989. The maximum absolute atomic E-state index is 2.53. The van der Waals surface area contributed by atoms with E-state index >= 15 is 0 Å². The smallest absolute Gasteiger partial charge is 0.0641 e. The summed E-state index contributed by atoms with van der Waals surface area (Å²) in [5, 5.41) is 7.47. The Bertz CT molecular complexity index is 4220. The van der Waals surface area contributed by atoms with Crippen molar-refractivity contribution in [3.8, 4) is 28.2 Å². The van der Waals surface area contributed by atoms with E-state index < -0.39 is 10.0 Å². The van der Waals surface area contributed by atoms with Gasteiger partial charge >= 0.3 is 0 Å². The van der Waals surface area contributed by atoms with Gasteiger partial charge in [-0.2, -0.15) is 0 Å². The highest BCUT2D eigenvalue weighted by Crippen LogP contribution is 2.73. The first-order valence-electron chi connectivity index (χ1n) is 24.0. The summed E-state index contributed by atoms with van der Waals surface area (Å²) in [6, 6.07) is 101. The van der Waals surface area contributed by atoms with Crippen molar-refractivity contribution in [2.75, 3.05) is 0 Å². The van der Waals surface area contributed by atoms with E-state index in [0.717, 1.165) is 17.1 Å². The number of nitrogens with zero attached hydrogens (tertiary/aromatic N) is 3. The third-order valence-corrected chi connectivity index (χ3v) is 18.2. The summed E-state index contributed by atoms with van der Waals surface area (Å²) in [5.41, 5.74) is 13.0. The van der Waals surface area contributed by atoms with Gasteiger partial charge in [0.1, 0.15) is 0 Å². The highest BCUT2D eigenvalue weighted by Gasteiger charge is 2.34. The van der Waals surface area contributed by atoms with E-state index in [1.165, 1.54) is 96.1 Å². The van der Waals surface area contributed by atoms with E-state index in [4.69, 9.17) is 0 Å². The van der Waals surface area contributed by atoms with Gasteiger partial charge < -0.3 is 13.7 Å². The highest BCUT2D eigenvalue weighted by molar-refractivity contribution is 8.34. The molecule has 0 saturated carbocycles.